The fourth-order valence-corrected chi connectivity index (χ4v) is 1.43. The van der Waals surface area contributed by atoms with Crippen LogP contribution in [0.25, 0.3) is 5.69 Å². The number of anilines is 1. The van der Waals surface area contributed by atoms with Crippen molar-refractivity contribution in [3.8, 4) is 5.69 Å². The van der Waals surface area contributed by atoms with Crippen LogP contribution < -0.4 is 5.73 Å². The lowest BCUT2D eigenvalue weighted by Crippen LogP contribution is -2.01. The van der Waals surface area contributed by atoms with Gasteiger partial charge in [0.15, 0.2) is 0 Å². The van der Waals surface area contributed by atoms with E-state index in [9.17, 15) is 0 Å². The third kappa shape index (κ3) is 1.46. The predicted octanol–water partition coefficient (Wildman–Crippen LogP) is 2.42. The van der Waals surface area contributed by atoms with Gasteiger partial charge < -0.3 is 5.73 Å². The highest BCUT2D eigenvalue weighted by Gasteiger charge is 2.06. The fourth-order valence-electron chi connectivity index (χ4n) is 1.30. The van der Waals surface area contributed by atoms with E-state index >= 15 is 0 Å². The van der Waals surface area contributed by atoms with Crippen LogP contribution >= 0.6 is 11.6 Å². The minimum Gasteiger partial charge on any atom is -0.382 e. The summed E-state index contributed by atoms with van der Waals surface area (Å²) in [6.07, 6.45) is 1.54. The van der Waals surface area contributed by atoms with Gasteiger partial charge in [-0.3, -0.25) is 0 Å². The van der Waals surface area contributed by atoms with E-state index in [2.05, 4.69) is 5.10 Å². The molecule has 72 valence electrons. The summed E-state index contributed by atoms with van der Waals surface area (Å²) in [6.45, 7) is 2.02. The van der Waals surface area contributed by atoms with Gasteiger partial charge in [-0.1, -0.05) is 23.7 Å². The molecular weight excluding hydrogens is 198 g/mol. The largest absolute Gasteiger partial charge is 0.382 e. The number of aryl methyl sites for hydroxylation is 1. The molecule has 14 heavy (non-hydrogen) atoms. The van der Waals surface area contributed by atoms with Crippen molar-refractivity contribution in [2.45, 2.75) is 6.92 Å². The smallest absolute Gasteiger partial charge is 0.146 e. The summed E-state index contributed by atoms with van der Waals surface area (Å²) in [7, 11) is 0. The van der Waals surface area contributed by atoms with Crippen molar-refractivity contribution >= 4 is 17.4 Å². The molecule has 0 aliphatic heterocycles. The Morgan fingerprint density at radius 3 is 2.79 bits per heavy atom. The molecule has 0 bridgehead atoms. The average Bonchev–Trinajstić information content (AvgIpc) is 2.48. The third-order valence-corrected chi connectivity index (χ3v) is 2.30. The number of hydrogen-bond donors (Lipinski definition) is 1. The number of nitrogen functional groups attached to an aromatic ring is 1. The maximum absolute atomic E-state index is 5.81. The zero-order chi connectivity index (χ0) is 10.1. The van der Waals surface area contributed by atoms with Crippen molar-refractivity contribution in [1.29, 1.82) is 0 Å². The molecule has 0 fully saturated rings. The highest BCUT2D eigenvalue weighted by atomic mass is 35.5. The summed E-state index contributed by atoms with van der Waals surface area (Å²) in [5, 5.41) is 4.56. The van der Waals surface area contributed by atoms with Crippen LogP contribution in [0.1, 0.15) is 5.56 Å². The number of halogens is 1. The molecule has 0 aliphatic rings. The van der Waals surface area contributed by atoms with Crippen LogP contribution in [0.5, 0.6) is 0 Å². The summed E-state index contributed by atoms with van der Waals surface area (Å²) in [5.74, 6) is 0.470. The van der Waals surface area contributed by atoms with Crippen LogP contribution in [0.3, 0.4) is 0 Å². The van der Waals surface area contributed by atoms with E-state index in [-0.39, 0.29) is 0 Å². The lowest BCUT2D eigenvalue weighted by molar-refractivity contribution is 0.890. The molecule has 0 aliphatic carbocycles. The van der Waals surface area contributed by atoms with Crippen molar-refractivity contribution < 1.29 is 0 Å². The Labute approximate surface area is 87.1 Å². The number of nitrogens with two attached hydrogens (primary N) is 1. The molecule has 0 radical (unpaired) electrons. The van der Waals surface area contributed by atoms with Crippen molar-refractivity contribution in [2.75, 3.05) is 5.73 Å². The van der Waals surface area contributed by atoms with E-state index in [0.717, 1.165) is 11.3 Å². The molecule has 0 saturated heterocycles. The predicted molar refractivity (Wildman–Crippen MR) is 57.7 cm³/mol. The van der Waals surface area contributed by atoms with Crippen molar-refractivity contribution in [3.63, 3.8) is 0 Å². The van der Waals surface area contributed by atoms with Crippen molar-refractivity contribution in [1.82, 2.24) is 9.78 Å². The zero-order valence-electron chi connectivity index (χ0n) is 7.74. The number of aromatic nitrogens is 2. The van der Waals surface area contributed by atoms with E-state index in [4.69, 9.17) is 17.3 Å². The molecule has 2 rings (SSSR count). The topological polar surface area (TPSA) is 43.8 Å². The minimum absolute atomic E-state index is 0.470. The van der Waals surface area contributed by atoms with E-state index in [1.807, 2.05) is 31.2 Å². The Kier molecular flexibility index (Phi) is 2.17. The summed E-state index contributed by atoms with van der Waals surface area (Å²) >= 11 is 5.81. The third-order valence-electron chi connectivity index (χ3n) is 2.01. The summed E-state index contributed by atoms with van der Waals surface area (Å²) in [5.41, 5.74) is 7.84. The van der Waals surface area contributed by atoms with Gasteiger partial charge >= 0.3 is 0 Å². The standard InChI is InChI=1S/C10H10ClN3/c1-7-3-2-4-8(5-7)14-10(12)9(11)6-13-14/h2-6H,12H2,1H3. The first kappa shape index (κ1) is 9.09. The SMILES string of the molecule is Cc1cccc(-n2ncc(Cl)c2N)c1. The van der Waals surface area contributed by atoms with Crippen LogP contribution in [0, 0.1) is 6.92 Å². The van der Waals surface area contributed by atoms with E-state index < -0.39 is 0 Å². The second-order valence-corrected chi connectivity index (χ2v) is 3.54. The second kappa shape index (κ2) is 3.35. The molecule has 0 saturated carbocycles. The molecule has 2 N–H and O–H groups in total. The maximum Gasteiger partial charge on any atom is 0.146 e. The van der Waals surface area contributed by atoms with Crippen molar-refractivity contribution in [3.05, 3.63) is 41.0 Å². The van der Waals surface area contributed by atoms with Crippen LogP contribution in [0.15, 0.2) is 30.5 Å². The summed E-state index contributed by atoms with van der Waals surface area (Å²) in [4.78, 5) is 0. The lowest BCUT2D eigenvalue weighted by atomic mass is 10.2. The lowest BCUT2D eigenvalue weighted by Gasteiger charge is -2.04. The van der Waals surface area contributed by atoms with Crippen molar-refractivity contribution in [2.24, 2.45) is 0 Å². The Hall–Kier alpha value is -1.48. The summed E-state index contributed by atoms with van der Waals surface area (Å²) in [6, 6.07) is 7.91. The zero-order valence-corrected chi connectivity index (χ0v) is 8.49. The maximum atomic E-state index is 5.81. The Morgan fingerprint density at radius 2 is 2.21 bits per heavy atom. The molecule has 1 aromatic carbocycles. The quantitative estimate of drug-likeness (QED) is 0.781. The fraction of sp³-hybridized carbons (Fsp3) is 0.100. The Balaban J connectivity index is 2.55. The molecule has 0 amide bonds. The Bertz CT molecular complexity index is 462. The highest BCUT2D eigenvalue weighted by Crippen LogP contribution is 2.21. The Morgan fingerprint density at radius 1 is 1.43 bits per heavy atom. The molecule has 2 aromatic rings. The van der Waals surface area contributed by atoms with E-state index in [1.54, 1.807) is 10.9 Å². The number of nitrogens with zero attached hydrogens (tertiary/aromatic N) is 2. The van der Waals surface area contributed by atoms with Gasteiger partial charge in [0.05, 0.1) is 11.9 Å². The first-order valence-electron chi connectivity index (χ1n) is 4.24. The number of benzene rings is 1. The molecule has 0 unspecified atom stereocenters. The first-order chi connectivity index (χ1) is 6.68. The molecule has 3 nitrogen and oxygen atoms in total. The van der Waals surface area contributed by atoms with Crippen LogP contribution in [-0.2, 0) is 0 Å². The normalized spacial score (nSPS) is 10.4. The van der Waals surface area contributed by atoms with E-state index in [0.29, 0.717) is 10.8 Å². The molecular formula is C10H10ClN3. The van der Waals surface area contributed by atoms with Gasteiger partial charge in [-0.2, -0.15) is 5.10 Å². The molecule has 1 aromatic heterocycles. The van der Waals surface area contributed by atoms with Gasteiger partial charge in [0.2, 0.25) is 0 Å². The molecule has 4 heteroatoms. The number of rotatable bonds is 1. The van der Waals surface area contributed by atoms with Gasteiger partial charge in [0.25, 0.3) is 0 Å². The minimum atomic E-state index is 0.470. The summed E-state index contributed by atoms with van der Waals surface area (Å²) < 4.78 is 1.62. The van der Waals surface area contributed by atoms with Gasteiger partial charge in [0, 0.05) is 0 Å². The second-order valence-electron chi connectivity index (χ2n) is 3.13. The highest BCUT2D eigenvalue weighted by molar-refractivity contribution is 6.32. The first-order valence-corrected chi connectivity index (χ1v) is 4.62. The van der Waals surface area contributed by atoms with Crippen LogP contribution in [0.4, 0.5) is 5.82 Å². The van der Waals surface area contributed by atoms with Gasteiger partial charge in [-0.05, 0) is 24.6 Å². The van der Waals surface area contributed by atoms with Gasteiger partial charge in [0.1, 0.15) is 10.8 Å². The van der Waals surface area contributed by atoms with Gasteiger partial charge in [-0.25, -0.2) is 4.68 Å². The van der Waals surface area contributed by atoms with Crippen LogP contribution in [-0.4, -0.2) is 9.78 Å². The molecule has 1 heterocycles. The van der Waals surface area contributed by atoms with Crippen LogP contribution in [0.2, 0.25) is 5.02 Å². The monoisotopic (exact) mass is 207 g/mol. The molecule has 0 atom stereocenters. The average molecular weight is 208 g/mol. The van der Waals surface area contributed by atoms with E-state index in [1.165, 1.54) is 0 Å². The van der Waals surface area contributed by atoms with Gasteiger partial charge in [-0.15, -0.1) is 0 Å². The molecule has 0 spiro atoms. The number of hydrogen-bond acceptors (Lipinski definition) is 2.